The van der Waals surface area contributed by atoms with E-state index in [0.717, 1.165) is 33.6 Å². The summed E-state index contributed by atoms with van der Waals surface area (Å²) in [5.74, 6) is -1.67. The smallest absolute Gasteiger partial charge is 0.153 e. The van der Waals surface area contributed by atoms with Gasteiger partial charge in [-0.2, -0.15) is 5.10 Å². The number of benzene rings is 2. The van der Waals surface area contributed by atoms with Crippen LogP contribution in [0.2, 0.25) is 5.02 Å². The molecule has 4 rings (SSSR count). The summed E-state index contributed by atoms with van der Waals surface area (Å²) in [5, 5.41) is 5.41. The Morgan fingerprint density at radius 1 is 1.12 bits per heavy atom. The highest BCUT2D eigenvalue weighted by Crippen LogP contribution is 2.39. The van der Waals surface area contributed by atoms with Gasteiger partial charge in [-0.3, -0.25) is 9.67 Å². The van der Waals surface area contributed by atoms with Gasteiger partial charge in [0.15, 0.2) is 9.84 Å². The van der Waals surface area contributed by atoms with E-state index in [-0.39, 0.29) is 11.7 Å². The maximum atomic E-state index is 13.7. The van der Waals surface area contributed by atoms with Gasteiger partial charge in [-0.1, -0.05) is 24.6 Å². The second kappa shape index (κ2) is 9.36. The lowest BCUT2D eigenvalue weighted by Gasteiger charge is -2.17. The fourth-order valence-corrected chi connectivity index (χ4v) is 5.55. The van der Waals surface area contributed by atoms with Crippen LogP contribution in [0.5, 0.6) is 0 Å². The van der Waals surface area contributed by atoms with Crippen LogP contribution in [-0.2, 0) is 29.1 Å². The average molecular weight is 569 g/mol. The number of rotatable bonds is 6. The molecule has 0 aliphatic rings. The predicted octanol–water partition coefficient (Wildman–Crippen LogP) is 6.22. The fourth-order valence-electron chi connectivity index (χ4n) is 4.26. The molecule has 0 amide bonds. The summed E-state index contributed by atoms with van der Waals surface area (Å²) in [4.78, 5) is 4.63. The van der Waals surface area contributed by atoms with Crippen molar-refractivity contribution in [3.8, 4) is 11.1 Å². The summed E-state index contributed by atoms with van der Waals surface area (Å²) in [7, 11) is -1.60. The van der Waals surface area contributed by atoms with Gasteiger partial charge >= 0.3 is 0 Å². The van der Waals surface area contributed by atoms with E-state index in [1.165, 1.54) is 12.1 Å². The lowest BCUT2D eigenvalue weighted by atomic mass is 9.91. The number of sulfone groups is 1. The Morgan fingerprint density at radius 3 is 2.44 bits per heavy atom. The molecule has 0 radical (unpaired) electrons. The van der Waals surface area contributed by atoms with Gasteiger partial charge in [0.05, 0.1) is 27.7 Å². The average Bonchev–Trinajstić information content (AvgIpc) is 3.02. The topological polar surface area (TPSA) is 64.8 Å². The van der Waals surface area contributed by atoms with Crippen molar-refractivity contribution in [3.63, 3.8) is 0 Å². The van der Waals surface area contributed by atoms with E-state index in [9.17, 15) is 17.2 Å². The number of hydrogen-bond donors (Lipinski definition) is 0. The summed E-state index contributed by atoms with van der Waals surface area (Å²) >= 11 is 9.97. The van der Waals surface area contributed by atoms with E-state index in [1.807, 2.05) is 19.1 Å². The number of fused-ring (bicyclic) bond motifs is 1. The summed E-state index contributed by atoms with van der Waals surface area (Å²) in [6, 6.07) is 8.95. The first-order chi connectivity index (χ1) is 15.9. The highest BCUT2D eigenvalue weighted by atomic mass is 79.9. The van der Waals surface area contributed by atoms with Gasteiger partial charge in [0.1, 0.15) is 11.6 Å². The third-order valence-electron chi connectivity index (χ3n) is 5.52. The van der Waals surface area contributed by atoms with Gasteiger partial charge in [0.25, 0.3) is 0 Å². The normalized spacial score (nSPS) is 12.9. The van der Waals surface area contributed by atoms with Crippen LogP contribution < -0.4 is 0 Å². The van der Waals surface area contributed by atoms with Crippen molar-refractivity contribution in [2.45, 2.75) is 25.0 Å². The van der Waals surface area contributed by atoms with Crippen molar-refractivity contribution in [2.75, 3.05) is 6.26 Å². The molecule has 1 atom stereocenters. The van der Waals surface area contributed by atoms with Crippen LogP contribution in [0.15, 0.2) is 47.1 Å². The summed E-state index contributed by atoms with van der Waals surface area (Å²) in [6.45, 7) is 1.94. The molecule has 10 heteroatoms. The van der Waals surface area contributed by atoms with Crippen LogP contribution in [0, 0.1) is 11.6 Å². The van der Waals surface area contributed by atoms with Crippen molar-refractivity contribution in [2.24, 2.45) is 7.05 Å². The Morgan fingerprint density at radius 2 is 1.79 bits per heavy atom. The molecule has 0 unspecified atom stereocenters. The summed E-state index contributed by atoms with van der Waals surface area (Å²) in [6.07, 6.45) is 3.20. The zero-order valence-electron chi connectivity index (χ0n) is 18.6. The van der Waals surface area contributed by atoms with Gasteiger partial charge in [-0.15, -0.1) is 0 Å². The fraction of sp³-hybridized carbons (Fsp3) is 0.250. The van der Waals surface area contributed by atoms with Crippen molar-refractivity contribution in [1.82, 2.24) is 14.8 Å². The van der Waals surface area contributed by atoms with E-state index >= 15 is 0 Å². The van der Waals surface area contributed by atoms with Gasteiger partial charge in [-0.25, -0.2) is 17.2 Å². The molecule has 0 aliphatic carbocycles. The van der Waals surface area contributed by atoms with Gasteiger partial charge in [0, 0.05) is 52.5 Å². The molecule has 0 bridgehead atoms. The predicted molar refractivity (Wildman–Crippen MR) is 134 cm³/mol. The maximum Gasteiger partial charge on any atom is 0.153 e. The lowest BCUT2D eigenvalue weighted by molar-refractivity contribution is 0.577. The molecule has 2 heterocycles. The highest BCUT2D eigenvalue weighted by molar-refractivity contribution is 9.10. The quantitative estimate of drug-likeness (QED) is 0.277. The SMILES string of the molecule is C[C@@H](Cc1cc(F)cc(F)c1)c1ncc(Br)cc1-c1ccc(Cl)c2c(CS(C)(=O)=O)nn(C)c12. The second-order valence-corrected chi connectivity index (χ2v) is 11.9. The maximum absolute atomic E-state index is 13.7. The van der Waals surface area contributed by atoms with Crippen LogP contribution in [-0.4, -0.2) is 29.4 Å². The minimum absolute atomic E-state index is 0.182. The van der Waals surface area contributed by atoms with Crippen LogP contribution in [0.1, 0.15) is 29.8 Å². The van der Waals surface area contributed by atoms with Crippen molar-refractivity contribution >= 4 is 48.3 Å². The molecule has 0 spiro atoms. The summed E-state index contributed by atoms with van der Waals surface area (Å²) < 4.78 is 53.8. The van der Waals surface area contributed by atoms with Crippen LogP contribution >= 0.6 is 27.5 Å². The number of nitrogens with zero attached hydrogens (tertiary/aromatic N) is 3. The first-order valence-corrected chi connectivity index (χ1v) is 13.6. The van der Waals surface area contributed by atoms with Gasteiger partial charge < -0.3 is 0 Å². The van der Waals surface area contributed by atoms with Gasteiger partial charge in [-0.05, 0) is 52.2 Å². The van der Waals surface area contributed by atoms with E-state index < -0.39 is 21.5 Å². The second-order valence-electron chi connectivity index (χ2n) is 8.43. The molecule has 0 saturated heterocycles. The molecule has 34 heavy (non-hydrogen) atoms. The molecule has 0 N–H and O–H groups in total. The minimum atomic E-state index is -3.34. The monoisotopic (exact) mass is 567 g/mol. The Hall–Kier alpha value is -2.36. The molecule has 2 aromatic heterocycles. The van der Waals surface area contributed by atoms with E-state index in [1.54, 1.807) is 24.0 Å². The molecule has 0 aliphatic heterocycles. The number of aryl methyl sites for hydroxylation is 1. The van der Waals surface area contributed by atoms with E-state index in [4.69, 9.17) is 11.6 Å². The van der Waals surface area contributed by atoms with Crippen LogP contribution in [0.3, 0.4) is 0 Å². The molecular weight excluding hydrogens is 548 g/mol. The molecule has 2 aromatic carbocycles. The third-order valence-corrected chi connectivity index (χ3v) is 7.06. The van der Waals surface area contributed by atoms with Crippen LogP contribution in [0.25, 0.3) is 22.0 Å². The molecule has 0 fully saturated rings. The molecule has 4 aromatic rings. The first-order valence-electron chi connectivity index (χ1n) is 10.4. The van der Waals surface area contributed by atoms with Crippen molar-refractivity contribution in [3.05, 3.63) is 80.7 Å². The summed E-state index contributed by atoms with van der Waals surface area (Å²) in [5.41, 5.74) is 3.86. The number of aromatic nitrogens is 3. The molecule has 178 valence electrons. The zero-order chi connectivity index (χ0) is 24.8. The highest BCUT2D eigenvalue weighted by Gasteiger charge is 2.23. The Kier molecular flexibility index (Phi) is 6.81. The zero-order valence-corrected chi connectivity index (χ0v) is 21.8. The molecular formula is C24H21BrClF2N3O2S. The largest absolute Gasteiger partial charge is 0.267 e. The Bertz CT molecular complexity index is 1500. The standard InChI is InChI=1S/C24H21BrClF2N3O2S/c1-13(6-14-7-16(27)10-17(28)8-14)23-19(9-15(25)11-29-23)18-4-5-20(26)22-21(12-34(3,32)33)30-31(2)24(18)22/h4-5,7-11,13H,6,12H2,1-3H3/t13-/m0/s1. The van der Waals surface area contributed by atoms with Gasteiger partial charge in [0.2, 0.25) is 0 Å². The number of hydrogen-bond acceptors (Lipinski definition) is 4. The van der Waals surface area contributed by atoms with Crippen LogP contribution in [0.4, 0.5) is 8.78 Å². The molecule has 5 nitrogen and oxygen atoms in total. The van der Waals surface area contributed by atoms with Crippen molar-refractivity contribution in [1.29, 1.82) is 0 Å². The van der Waals surface area contributed by atoms with Crippen molar-refractivity contribution < 1.29 is 17.2 Å². The Labute approximate surface area is 209 Å². The Balaban J connectivity index is 1.88. The first kappa shape index (κ1) is 24.8. The number of halogens is 4. The van der Waals surface area contributed by atoms with E-state index in [0.29, 0.717) is 33.6 Å². The lowest BCUT2D eigenvalue weighted by Crippen LogP contribution is -2.05. The number of pyridine rings is 1. The molecule has 0 saturated carbocycles. The third kappa shape index (κ3) is 5.16. The van der Waals surface area contributed by atoms with E-state index in [2.05, 4.69) is 26.0 Å². The minimum Gasteiger partial charge on any atom is -0.267 e.